The first-order valence-electron chi connectivity index (χ1n) is 11.6. The van der Waals surface area contributed by atoms with Gasteiger partial charge in [-0.1, -0.05) is 97.3 Å². The van der Waals surface area contributed by atoms with Crippen LogP contribution in [0.1, 0.15) is 124 Å². The molecule has 0 bridgehead atoms. The Hall–Kier alpha value is -0.770. The fourth-order valence-electron chi connectivity index (χ4n) is 3.06. The molecule has 4 heteroatoms. The third-order valence-corrected chi connectivity index (χ3v) is 4.80. The second-order valence-electron chi connectivity index (χ2n) is 7.68. The average molecular weight is 388 g/mol. The molecule has 0 aromatic carbocycles. The second-order valence-corrected chi connectivity index (χ2v) is 7.68. The highest BCUT2D eigenvalue weighted by molar-refractivity contribution is 5.56. The fourth-order valence-corrected chi connectivity index (χ4v) is 3.06. The number of hydrogen-bond donors (Lipinski definition) is 2. The van der Waals surface area contributed by atoms with E-state index in [4.69, 9.17) is 5.11 Å². The van der Waals surface area contributed by atoms with Gasteiger partial charge in [-0.2, -0.15) is 0 Å². The van der Waals surface area contributed by atoms with E-state index in [0.717, 1.165) is 12.8 Å². The number of hydrogen-bond acceptors (Lipinski definition) is 3. The minimum atomic E-state index is -1.16. The lowest BCUT2D eigenvalue weighted by molar-refractivity contribution is 0.0548. The SMILES string of the molecule is CCCCCCCCCC(C)OC(=O)O.CCCCCCCCCCNC. The van der Waals surface area contributed by atoms with Crippen LogP contribution in [-0.4, -0.2) is 31.0 Å². The van der Waals surface area contributed by atoms with E-state index in [-0.39, 0.29) is 6.10 Å². The quantitative estimate of drug-likeness (QED) is 0.188. The molecule has 164 valence electrons. The van der Waals surface area contributed by atoms with Gasteiger partial charge in [0.2, 0.25) is 0 Å². The lowest BCUT2D eigenvalue weighted by Crippen LogP contribution is -2.12. The molecule has 0 aliphatic rings. The third-order valence-electron chi connectivity index (χ3n) is 4.80. The van der Waals surface area contributed by atoms with Crippen LogP contribution in [0.4, 0.5) is 4.79 Å². The average Bonchev–Trinajstić information content (AvgIpc) is 2.63. The van der Waals surface area contributed by atoms with Crippen molar-refractivity contribution in [1.29, 1.82) is 0 Å². The van der Waals surface area contributed by atoms with Gasteiger partial charge in [0.1, 0.15) is 6.10 Å². The monoisotopic (exact) mass is 387 g/mol. The molecule has 1 unspecified atom stereocenters. The molecular formula is C23H49NO3. The smallest absolute Gasteiger partial charge is 0.450 e. The first-order valence-corrected chi connectivity index (χ1v) is 11.6. The number of ether oxygens (including phenoxy) is 1. The van der Waals surface area contributed by atoms with E-state index in [9.17, 15) is 4.79 Å². The van der Waals surface area contributed by atoms with Gasteiger partial charge < -0.3 is 15.2 Å². The number of carboxylic acid groups (broad SMARTS) is 1. The van der Waals surface area contributed by atoms with E-state index in [1.165, 1.54) is 96.4 Å². The predicted octanol–water partition coefficient (Wildman–Crippen LogP) is 7.56. The van der Waals surface area contributed by atoms with E-state index < -0.39 is 6.16 Å². The van der Waals surface area contributed by atoms with Gasteiger partial charge in [0, 0.05) is 0 Å². The molecule has 0 rings (SSSR count). The van der Waals surface area contributed by atoms with Gasteiger partial charge in [-0.15, -0.1) is 0 Å². The Morgan fingerprint density at radius 3 is 1.59 bits per heavy atom. The zero-order chi connectivity index (χ0) is 20.6. The van der Waals surface area contributed by atoms with Gasteiger partial charge in [0.25, 0.3) is 0 Å². The molecule has 0 radical (unpaired) electrons. The van der Waals surface area contributed by atoms with Gasteiger partial charge in [-0.05, 0) is 39.8 Å². The first kappa shape index (κ1) is 28.4. The summed E-state index contributed by atoms with van der Waals surface area (Å²) in [7, 11) is 2.03. The van der Waals surface area contributed by atoms with Gasteiger partial charge in [-0.25, -0.2) is 4.79 Å². The van der Waals surface area contributed by atoms with E-state index in [1.54, 1.807) is 0 Å². The summed E-state index contributed by atoms with van der Waals surface area (Å²) < 4.78 is 4.61. The molecule has 0 aliphatic carbocycles. The van der Waals surface area contributed by atoms with Gasteiger partial charge >= 0.3 is 6.16 Å². The molecule has 0 aromatic heterocycles. The lowest BCUT2D eigenvalue weighted by Gasteiger charge is -2.09. The minimum absolute atomic E-state index is 0.154. The Morgan fingerprint density at radius 2 is 1.19 bits per heavy atom. The Morgan fingerprint density at radius 1 is 0.778 bits per heavy atom. The van der Waals surface area contributed by atoms with Crippen molar-refractivity contribution in [2.45, 2.75) is 130 Å². The minimum Gasteiger partial charge on any atom is -0.450 e. The second kappa shape index (κ2) is 25.2. The van der Waals surface area contributed by atoms with Crippen LogP contribution in [0, 0.1) is 0 Å². The maximum Gasteiger partial charge on any atom is 0.506 e. The first-order chi connectivity index (χ1) is 13.1. The summed E-state index contributed by atoms with van der Waals surface area (Å²) in [6.07, 6.45) is 19.6. The number of carbonyl (C=O) groups is 1. The molecule has 0 fully saturated rings. The zero-order valence-corrected chi connectivity index (χ0v) is 18.9. The molecule has 0 saturated carbocycles. The summed E-state index contributed by atoms with van der Waals surface area (Å²) >= 11 is 0. The Kier molecular flexibility index (Phi) is 26.6. The van der Waals surface area contributed by atoms with Crippen LogP contribution in [0.2, 0.25) is 0 Å². The van der Waals surface area contributed by atoms with E-state index in [2.05, 4.69) is 23.9 Å². The van der Waals surface area contributed by atoms with E-state index in [1.807, 2.05) is 14.0 Å². The summed E-state index contributed by atoms with van der Waals surface area (Å²) in [5.41, 5.74) is 0. The van der Waals surface area contributed by atoms with Crippen molar-refractivity contribution in [3.63, 3.8) is 0 Å². The van der Waals surface area contributed by atoms with Crippen molar-refractivity contribution >= 4 is 6.16 Å². The Labute approximate surface area is 169 Å². The van der Waals surface area contributed by atoms with Crippen molar-refractivity contribution in [2.75, 3.05) is 13.6 Å². The molecule has 1 atom stereocenters. The Bertz CT molecular complexity index is 275. The van der Waals surface area contributed by atoms with Crippen molar-refractivity contribution in [3.05, 3.63) is 0 Å². The maximum absolute atomic E-state index is 10.2. The maximum atomic E-state index is 10.2. The summed E-state index contributed by atoms with van der Waals surface area (Å²) in [6, 6.07) is 0. The highest BCUT2D eigenvalue weighted by atomic mass is 16.7. The van der Waals surface area contributed by atoms with E-state index >= 15 is 0 Å². The molecule has 0 aromatic rings. The number of rotatable bonds is 18. The van der Waals surface area contributed by atoms with Crippen LogP contribution in [0.15, 0.2) is 0 Å². The van der Waals surface area contributed by atoms with E-state index in [0.29, 0.717) is 0 Å². The molecule has 0 saturated heterocycles. The lowest BCUT2D eigenvalue weighted by atomic mass is 10.1. The van der Waals surface area contributed by atoms with Crippen LogP contribution in [0.25, 0.3) is 0 Å². The van der Waals surface area contributed by atoms with Crippen LogP contribution in [0.3, 0.4) is 0 Å². The summed E-state index contributed by atoms with van der Waals surface area (Å²) in [4.78, 5) is 10.2. The van der Waals surface area contributed by atoms with Crippen molar-refractivity contribution in [3.8, 4) is 0 Å². The van der Waals surface area contributed by atoms with Gasteiger partial charge in [0.05, 0.1) is 0 Å². The van der Waals surface area contributed by atoms with Crippen LogP contribution < -0.4 is 5.32 Å². The van der Waals surface area contributed by atoms with Crippen molar-refractivity contribution < 1.29 is 14.6 Å². The largest absolute Gasteiger partial charge is 0.506 e. The summed E-state index contributed by atoms with van der Waals surface area (Å²) in [5.74, 6) is 0. The Balaban J connectivity index is 0. The topological polar surface area (TPSA) is 58.6 Å². The highest BCUT2D eigenvalue weighted by Gasteiger charge is 2.06. The normalized spacial score (nSPS) is 11.6. The van der Waals surface area contributed by atoms with Crippen molar-refractivity contribution in [2.24, 2.45) is 0 Å². The molecule has 27 heavy (non-hydrogen) atoms. The molecule has 0 aliphatic heterocycles. The van der Waals surface area contributed by atoms with Gasteiger partial charge in [0.15, 0.2) is 0 Å². The summed E-state index contributed by atoms with van der Waals surface area (Å²) in [5, 5.41) is 11.5. The standard InChI is InChI=1S/C12H24O3.C11H25N/c1-3-4-5-6-7-8-9-10-11(2)15-12(13)14;1-3-4-5-6-7-8-9-10-11-12-2/h11H,3-10H2,1-2H3,(H,13,14);12H,3-11H2,1-2H3. The van der Waals surface area contributed by atoms with Crippen LogP contribution in [-0.2, 0) is 4.74 Å². The number of nitrogens with one attached hydrogen (secondary N) is 1. The third kappa shape index (κ3) is 30.2. The van der Waals surface area contributed by atoms with Gasteiger partial charge in [-0.3, -0.25) is 0 Å². The van der Waals surface area contributed by atoms with Crippen LogP contribution >= 0.6 is 0 Å². The molecule has 0 heterocycles. The summed E-state index contributed by atoms with van der Waals surface area (Å²) in [6.45, 7) is 7.48. The molecule has 4 nitrogen and oxygen atoms in total. The zero-order valence-electron chi connectivity index (χ0n) is 18.9. The fraction of sp³-hybridized carbons (Fsp3) is 0.957. The highest BCUT2D eigenvalue weighted by Crippen LogP contribution is 2.11. The van der Waals surface area contributed by atoms with Crippen LogP contribution in [0.5, 0.6) is 0 Å². The molecule has 0 spiro atoms. The molecule has 2 N–H and O–H groups in total. The molecule has 0 amide bonds. The molecular weight excluding hydrogens is 338 g/mol. The predicted molar refractivity (Wildman–Crippen MR) is 118 cm³/mol. The number of unbranched alkanes of at least 4 members (excludes halogenated alkanes) is 13. The van der Waals surface area contributed by atoms with Crippen molar-refractivity contribution in [1.82, 2.24) is 5.32 Å².